The summed E-state index contributed by atoms with van der Waals surface area (Å²) in [5, 5.41) is 9.59. The molecule has 0 spiro atoms. The minimum absolute atomic E-state index is 0.356. The fraction of sp³-hybridized carbons (Fsp3) is 0.875. The lowest BCUT2D eigenvalue weighted by molar-refractivity contribution is -0.252. The van der Waals surface area contributed by atoms with Crippen molar-refractivity contribution in [3.05, 3.63) is 0 Å². The van der Waals surface area contributed by atoms with Crippen LogP contribution in [0.2, 0.25) is 0 Å². The lowest BCUT2D eigenvalue weighted by atomic mass is 10.5. The summed E-state index contributed by atoms with van der Waals surface area (Å²) in [6, 6.07) is 0. The molecule has 0 aromatic heterocycles. The highest BCUT2D eigenvalue weighted by molar-refractivity contribution is 5.63. The topological polar surface area (TPSA) is 59.0 Å². The largest absolute Gasteiger partial charge is 0.463 e. The number of ether oxygens (including phenoxy) is 1. The van der Waals surface area contributed by atoms with Crippen LogP contribution in [0.4, 0.5) is 4.79 Å². The monoisotopic (exact) mass is 191 g/mol. The highest BCUT2D eigenvalue weighted by Gasteiger charge is 2.16. The van der Waals surface area contributed by atoms with Crippen LogP contribution in [0.5, 0.6) is 0 Å². The number of nitrogens with zero attached hydrogens (tertiary/aromatic N) is 1. The molecule has 0 aliphatic carbocycles. The van der Waals surface area contributed by atoms with Crippen molar-refractivity contribution in [2.45, 2.75) is 33.0 Å². The minimum atomic E-state index is -1.09. The molecule has 0 aromatic carbocycles. The van der Waals surface area contributed by atoms with Crippen molar-refractivity contribution in [3.63, 3.8) is 0 Å². The van der Waals surface area contributed by atoms with Crippen LogP contribution in [0.25, 0.3) is 0 Å². The van der Waals surface area contributed by atoms with Crippen molar-refractivity contribution in [2.24, 2.45) is 0 Å². The molecule has 0 bridgehead atoms. The molecule has 0 fully saturated rings. The van der Waals surface area contributed by atoms with Crippen molar-refractivity contribution < 1.29 is 19.5 Å². The zero-order valence-corrected chi connectivity index (χ0v) is 8.32. The van der Waals surface area contributed by atoms with Gasteiger partial charge in [-0.3, -0.25) is 0 Å². The smallest absolute Gasteiger partial charge is 0.431 e. The fourth-order valence-electron chi connectivity index (χ4n) is 0.823. The third kappa shape index (κ3) is 4.69. The number of hydrogen-bond donors (Lipinski definition) is 1. The Kier molecular flexibility index (Phi) is 6.26. The van der Waals surface area contributed by atoms with Gasteiger partial charge in [0.25, 0.3) is 0 Å². The Morgan fingerprint density at radius 2 is 2.15 bits per heavy atom. The summed E-state index contributed by atoms with van der Waals surface area (Å²) < 4.78 is 4.90. The van der Waals surface area contributed by atoms with E-state index in [-0.39, 0.29) is 0 Å². The summed E-state index contributed by atoms with van der Waals surface area (Å²) in [5.74, 6) is 0. The van der Waals surface area contributed by atoms with E-state index in [0.717, 1.165) is 5.06 Å². The molecule has 5 nitrogen and oxygen atoms in total. The Hall–Kier alpha value is -0.810. The number of amides is 1. The maximum atomic E-state index is 10.6. The van der Waals surface area contributed by atoms with E-state index in [1.807, 2.05) is 13.8 Å². The van der Waals surface area contributed by atoms with Crippen LogP contribution in [0.1, 0.15) is 26.7 Å². The Bertz CT molecular complexity index is 147. The first-order valence-corrected chi connectivity index (χ1v) is 4.35. The van der Waals surface area contributed by atoms with Crippen LogP contribution in [0.3, 0.4) is 0 Å². The third-order valence-electron chi connectivity index (χ3n) is 1.48. The van der Waals surface area contributed by atoms with Gasteiger partial charge >= 0.3 is 6.09 Å². The fourth-order valence-corrected chi connectivity index (χ4v) is 0.823. The van der Waals surface area contributed by atoms with Crippen LogP contribution in [-0.2, 0) is 9.57 Å². The third-order valence-corrected chi connectivity index (χ3v) is 1.48. The summed E-state index contributed by atoms with van der Waals surface area (Å²) in [5.41, 5.74) is 0. The first-order chi connectivity index (χ1) is 6.15. The Morgan fingerprint density at radius 1 is 1.54 bits per heavy atom. The number of carboxylic acid groups (broad SMARTS) is 1. The molecule has 0 saturated carbocycles. The maximum Gasteiger partial charge on any atom is 0.431 e. The second-order valence-corrected chi connectivity index (χ2v) is 2.56. The second-order valence-electron chi connectivity index (χ2n) is 2.56. The van der Waals surface area contributed by atoms with E-state index in [1.165, 1.54) is 7.11 Å². The molecular weight excluding hydrogens is 174 g/mol. The zero-order valence-electron chi connectivity index (χ0n) is 8.32. The lowest BCUT2D eigenvalue weighted by Crippen LogP contribution is -2.35. The highest BCUT2D eigenvalue weighted by Crippen LogP contribution is 2.04. The van der Waals surface area contributed by atoms with Crippen molar-refractivity contribution in [1.29, 1.82) is 0 Å². The van der Waals surface area contributed by atoms with Gasteiger partial charge in [0.2, 0.25) is 0 Å². The standard InChI is InChI=1S/C8H17NO4/c1-4-6-9(8(10)11)13-7(5-2)12-3/h7H,4-6H2,1-3H3,(H,10,11). The average Bonchev–Trinajstić information content (AvgIpc) is 2.11. The molecular formula is C8H17NO4. The molecule has 0 saturated heterocycles. The predicted octanol–water partition coefficient (Wildman–Crippen LogP) is 1.69. The number of carbonyl (C=O) groups is 1. The molecule has 1 unspecified atom stereocenters. The van der Waals surface area contributed by atoms with Crippen molar-refractivity contribution in [3.8, 4) is 0 Å². The van der Waals surface area contributed by atoms with Gasteiger partial charge in [0.1, 0.15) is 0 Å². The molecule has 1 N–H and O–H groups in total. The summed E-state index contributed by atoms with van der Waals surface area (Å²) in [6.07, 6.45) is -0.240. The molecule has 0 heterocycles. The van der Waals surface area contributed by atoms with E-state index in [9.17, 15) is 4.79 Å². The van der Waals surface area contributed by atoms with Gasteiger partial charge < -0.3 is 9.84 Å². The molecule has 1 atom stereocenters. The van der Waals surface area contributed by atoms with Gasteiger partial charge in [0.15, 0.2) is 6.29 Å². The summed E-state index contributed by atoms with van der Waals surface area (Å²) in [4.78, 5) is 15.7. The molecule has 0 rings (SSSR count). The molecule has 1 amide bonds. The normalized spacial score (nSPS) is 12.5. The summed E-state index contributed by atoms with van der Waals surface area (Å²) in [7, 11) is 1.49. The van der Waals surface area contributed by atoms with E-state index in [4.69, 9.17) is 14.7 Å². The molecule has 0 radical (unpaired) electrons. The van der Waals surface area contributed by atoms with E-state index >= 15 is 0 Å². The first kappa shape index (κ1) is 12.2. The Labute approximate surface area is 78.2 Å². The maximum absolute atomic E-state index is 10.6. The van der Waals surface area contributed by atoms with Crippen LogP contribution in [0, 0.1) is 0 Å². The number of hydroxylamine groups is 2. The van der Waals surface area contributed by atoms with Gasteiger partial charge in [-0.25, -0.2) is 9.63 Å². The molecule has 0 aromatic rings. The van der Waals surface area contributed by atoms with Crippen LogP contribution >= 0.6 is 0 Å². The number of hydrogen-bond acceptors (Lipinski definition) is 3. The number of rotatable bonds is 6. The quantitative estimate of drug-likeness (QED) is 0.512. The molecule has 5 heteroatoms. The van der Waals surface area contributed by atoms with Crippen molar-refractivity contribution >= 4 is 6.09 Å². The van der Waals surface area contributed by atoms with Crippen LogP contribution in [0.15, 0.2) is 0 Å². The van der Waals surface area contributed by atoms with Crippen molar-refractivity contribution in [1.82, 2.24) is 5.06 Å². The Morgan fingerprint density at radius 3 is 2.46 bits per heavy atom. The van der Waals surface area contributed by atoms with Crippen LogP contribution in [-0.4, -0.2) is 36.2 Å². The second kappa shape index (κ2) is 6.68. The number of methoxy groups -OCH3 is 1. The SMILES string of the molecule is CCCN(OC(CC)OC)C(=O)O. The van der Waals surface area contributed by atoms with Gasteiger partial charge in [-0.1, -0.05) is 13.8 Å². The average molecular weight is 191 g/mol. The minimum Gasteiger partial charge on any atom is -0.463 e. The van der Waals surface area contributed by atoms with Gasteiger partial charge in [-0.15, -0.1) is 0 Å². The Balaban J connectivity index is 3.99. The molecule has 0 aliphatic rings. The van der Waals surface area contributed by atoms with Gasteiger partial charge in [-0.05, 0) is 12.8 Å². The predicted molar refractivity (Wildman–Crippen MR) is 47.2 cm³/mol. The van der Waals surface area contributed by atoms with E-state index in [2.05, 4.69) is 0 Å². The van der Waals surface area contributed by atoms with E-state index in [0.29, 0.717) is 19.4 Å². The zero-order chi connectivity index (χ0) is 10.3. The summed E-state index contributed by atoms with van der Waals surface area (Å²) in [6.45, 7) is 4.10. The van der Waals surface area contributed by atoms with Crippen LogP contribution < -0.4 is 0 Å². The molecule has 0 aliphatic heterocycles. The van der Waals surface area contributed by atoms with Gasteiger partial charge in [-0.2, -0.15) is 5.06 Å². The van der Waals surface area contributed by atoms with Gasteiger partial charge in [0.05, 0.1) is 6.54 Å². The van der Waals surface area contributed by atoms with E-state index in [1.54, 1.807) is 0 Å². The lowest BCUT2D eigenvalue weighted by Gasteiger charge is -2.22. The first-order valence-electron chi connectivity index (χ1n) is 4.35. The molecule has 13 heavy (non-hydrogen) atoms. The van der Waals surface area contributed by atoms with E-state index < -0.39 is 12.4 Å². The summed E-state index contributed by atoms with van der Waals surface area (Å²) >= 11 is 0. The molecule has 78 valence electrons. The van der Waals surface area contributed by atoms with Crippen molar-refractivity contribution in [2.75, 3.05) is 13.7 Å². The highest BCUT2D eigenvalue weighted by atomic mass is 16.8. The van der Waals surface area contributed by atoms with Gasteiger partial charge in [0, 0.05) is 7.11 Å².